The van der Waals surface area contributed by atoms with Gasteiger partial charge in [-0.15, -0.1) is 0 Å². The van der Waals surface area contributed by atoms with Gasteiger partial charge in [-0.3, -0.25) is 0 Å². The van der Waals surface area contributed by atoms with Crippen LogP contribution in [0.2, 0.25) is 0 Å². The summed E-state index contributed by atoms with van der Waals surface area (Å²) in [5.74, 6) is -0.946. The topological polar surface area (TPSA) is 63.3 Å². The minimum Gasteiger partial charge on any atom is -0.478 e. The first-order valence-electron chi connectivity index (χ1n) is 3.92. The third-order valence-corrected chi connectivity index (χ3v) is 1.61. The van der Waals surface area contributed by atoms with E-state index in [-0.39, 0.29) is 0 Å². The van der Waals surface area contributed by atoms with Gasteiger partial charge in [0.25, 0.3) is 0 Å². The smallest absolute Gasteiger partial charge is 0.328 e. The van der Waals surface area contributed by atoms with Crippen molar-refractivity contribution in [2.75, 3.05) is 0 Å². The highest BCUT2D eigenvalue weighted by molar-refractivity contribution is 5.85. The summed E-state index contributed by atoms with van der Waals surface area (Å²) >= 11 is 0. The first kappa shape index (κ1) is 9.48. The minimum atomic E-state index is -0.946. The van der Waals surface area contributed by atoms with E-state index < -0.39 is 5.97 Å². The van der Waals surface area contributed by atoms with Crippen molar-refractivity contribution in [2.24, 2.45) is 5.73 Å². The van der Waals surface area contributed by atoms with E-state index in [0.717, 1.165) is 17.2 Å². The molecule has 1 aromatic rings. The molecule has 0 amide bonds. The lowest BCUT2D eigenvalue weighted by Gasteiger charge is -1.97. The normalized spacial score (nSPS) is 10.5. The van der Waals surface area contributed by atoms with Gasteiger partial charge in [0, 0.05) is 12.6 Å². The van der Waals surface area contributed by atoms with Gasteiger partial charge >= 0.3 is 5.97 Å². The number of benzene rings is 1. The molecule has 0 radical (unpaired) electrons. The maximum atomic E-state index is 10.2. The van der Waals surface area contributed by atoms with E-state index in [4.69, 9.17) is 10.8 Å². The zero-order chi connectivity index (χ0) is 9.68. The second-order valence-electron chi connectivity index (χ2n) is 2.62. The van der Waals surface area contributed by atoms with Crippen molar-refractivity contribution in [2.45, 2.75) is 6.54 Å². The third-order valence-electron chi connectivity index (χ3n) is 1.61. The molecular weight excluding hydrogens is 166 g/mol. The van der Waals surface area contributed by atoms with Gasteiger partial charge in [0.15, 0.2) is 0 Å². The molecule has 0 bridgehead atoms. The van der Waals surface area contributed by atoms with Gasteiger partial charge in [-0.1, -0.05) is 24.3 Å². The third kappa shape index (κ3) is 3.09. The molecule has 0 aliphatic rings. The number of nitrogens with two attached hydrogens (primary N) is 1. The van der Waals surface area contributed by atoms with Crippen LogP contribution in [0.3, 0.4) is 0 Å². The summed E-state index contributed by atoms with van der Waals surface area (Å²) in [6.07, 6.45) is 2.65. The van der Waals surface area contributed by atoms with Crippen molar-refractivity contribution in [1.29, 1.82) is 0 Å². The average molecular weight is 177 g/mol. The molecule has 68 valence electrons. The molecule has 1 rings (SSSR count). The molecule has 3 nitrogen and oxygen atoms in total. The van der Waals surface area contributed by atoms with Crippen molar-refractivity contribution in [1.82, 2.24) is 0 Å². The van der Waals surface area contributed by atoms with Crippen LogP contribution in [0.15, 0.2) is 30.3 Å². The number of carboxylic acids is 1. The van der Waals surface area contributed by atoms with E-state index in [0.29, 0.717) is 6.54 Å². The van der Waals surface area contributed by atoms with Crippen molar-refractivity contribution in [3.63, 3.8) is 0 Å². The second kappa shape index (κ2) is 4.42. The Balaban J connectivity index is 2.83. The van der Waals surface area contributed by atoms with Crippen LogP contribution in [0.1, 0.15) is 11.1 Å². The first-order chi connectivity index (χ1) is 6.22. The van der Waals surface area contributed by atoms with Crippen LogP contribution in [-0.2, 0) is 11.3 Å². The highest BCUT2D eigenvalue weighted by Gasteiger charge is 1.91. The molecule has 0 saturated heterocycles. The number of aliphatic carboxylic acids is 1. The molecular formula is C10H11NO2. The van der Waals surface area contributed by atoms with Gasteiger partial charge in [0.2, 0.25) is 0 Å². The Morgan fingerprint density at radius 1 is 1.54 bits per heavy atom. The van der Waals surface area contributed by atoms with Crippen LogP contribution in [0, 0.1) is 0 Å². The van der Waals surface area contributed by atoms with Gasteiger partial charge < -0.3 is 10.8 Å². The van der Waals surface area contributed by atoms with E-state index in [1.807, 2.05) is 24.3 Å². The van der Waals surface area contributed by atoms with E-state index in [1.165, 1.54) is 0 Å². The van der Waals surface area contributed by atoms with Crippen molar-refractivity contribution >= 4 is 12.0 Å². The number of carbonyl (C=O) groups is 1. The number of rotatable bonds is 3. The van der Waals surface area contributed by atoms with Gasteiger partial charge in [-0.2, -0.15) is 0 Å². The highest BCUT2D eigenvalue weighted by atomic mass is 16.4. The van der Waals surface area contributed by atoms with Crippen LogP contribution >= 0.6 is 0 Å². The Morgan fingerprint density at radius 2 is 2.31 bits per heavy atom. The summed E-state index contributed by atoms with van der Waals surface area (Å²) < 4.78 is 0. The molecule has 0 heterocycles. The molecule has 0 aliphatic heterocycles. The molecule has 0 atom stereocenters. The SMILES string of the molecule is NCc1cccc(C=CC(=O)O)c1. The molecule has 3 N–H and O–H groups in total. The van der Waals surface area contributed by atoms with Crippen LogP contribution in [0.4, 0.5) is 0 Å². The summed E-state index contributed by atoms with van der Waals surface area (Å²) in [5, 5.41) is 8.39. The fourth-order valence-corrected chi connectivity index (χ4v) is 0.991. The summed E-state index contributed by atoms with van der Waals surface area (Å²) in [6, 6.07) is 7.44. The maximum absolute atomic E-state index is 10.2. The molecule has 0 aromatic heterocycles. The Morgan fingerprint density at radius 3 is 2.92 bits per heavy atom. The molecule has 13 heavy (non-hydrogen) atoms. The lowest BCUT2D eigenvalue weighted by atomic mass is 10.1. The number of hydrogen-bond acceptors (Lipinski definition) is 2. The Hall–Kier alpha value is -1.61. The van der Waals surface area contributed by atoms with Crippen LogP contribution in [0.5, 0.6) is 0 Å². The Kier molecular flexibility index (Phi) is 3.23. The summed E-state index contributed by atoms with van der Waals surface area (Å²) in [7, 11) is 0. The van der Waals surface area contributed by atoms with Crippen molar-refractivity contribution < 1.29 is 9.90 Å². The molecule has 0 saturated carbocycles. The fourth-order valence-electron chi connectivity index (χ4n) is 0.991. The standard InChI is InChI=1S/C10H11NO2/c11-7-9-3-1-2-8(6-9)4-5-10(12)13/h1-6H,7,11H2,(H,12,13). The molecule has 0 aliphatic carbocycles. The van der Waals surface area contributed by atoms with Crippen molar-refractivity contribution in [3.8, 4) is 0 Å². The number of hydrogen-bond donors (Lipinski definition) is 2. The quantitative estimate of drug-likeness (QED) is 0.683. The summed E-state index contributed by atoms with van der Waals surface area (Å²) in [6.45, 7) is 0.467. The van der Waals surface area contributed by atoms with E-state index in [2.05, 4.69) is 0 Å². The van der Waals surface area contributed by atoms with Gasteiger partial charge in [0.1, 0.15) is 0 Å². The van der Waals surface area contributed by atoms with Gasteiger partial charge in [0.05, 0.1) is 0 Å². The summed E-state index contributed by atoms with van der Waals surface area (Å²) in [4.78, 5) is 10.2. The summed E-state index contributed by atoms with van der Waals surface area (Å²) in [5.41, 5.74) is 7.28. The average Bonchev–Trinajstić information content (AvgIpc) is 2.15. The molecule has 1 aromatic carbocycles. The van der Waals surface area contributed by atoms with Crippen LogP contribution in [0.25, 0.3) is 6.08 Å². The lowest BCUT2D eigenvalue weighted by Crippen LogP contribution is -1.95. The van der Waals surface area contributed by atoms with Crippen molar-refractivity contribution in [3.05, 3.63) is 41.5 Å². The molecule has 3 heteroatoms. The molecule has 0 fully saturated rings. The number of carboxylic acid groups (broad SMARTS) is 1. The van der Waals surface area contributed by atoms with E-state index in [9.17, 15) is 4.79 Å². The highest BCUT2D eigenvalue weighted by Crippen LogP contribution is 2.06. The predicted octanol–water partition coefficient (Wildman–Crippen LogP) is 1.24. The predicted molar refractivity (Wildman–Crippen MR) is 51.0 cm³/mol. The fraction of sp³-hybridized carbons (Fsp3) is 0.100. The zero-order valence-electron chi connectivity index (χ0n) is 7.10. The van der Waals surface area contributed by atoms with E-state index in [1.54, 1.807) is 6.08 Å². The van der Waals surface area contributed by atoms with Crippen LogP contribution in [-0.4, -0.2) is 11.1 Å². The molecule has 0 unspecified atom stereocenters. The monoisotopic (exact) mass is 177 g/mol. The second-order valence-corrected chi connectivity index (χ2v) is 2.62. The zero-order valence-corrected chi connectivity index (χ0v) is 7.10. The first-order valence-corrected chi connectivity index (χ1v) is 3.92. The molecule has 0 spiro atoms. The van der Waals surface area contributed by atoms with Gasteiger partial charge in [-0.25, -0.2) is 4.79 Å². The Labute approximate surface area is 76.5 Å². The minimum absolute atomic E-state index is 0.467. The lowest BCUT2D eigenvalue weighted by molar-refractivity contribution is -0.131. The Bertz CT molecular complexity index is 331. The van der Waals surface area contributed by atoms with Gasteiger partial charge in [-0.05, 0) is 17.2 Å². The maximum Gasteiger partial charge on any atom is 0.328 e. The largest absolute Gasteiger partial charge is 0.478 e. The van der Waals surface area contributed by atoms with E-state index >= 15 is 0 Å². The van der Waals surface area contributed by atoms with Crippen LogP contribution < -0.4 is 5.73 Å².